The van der Waals surface area contributed by atoms with Crippen LogP contribution in [0.25, 0.3) is 0 Å². The van der Waals surface area contributed by atoms with Gasteiger partial charge in [-0.05, 0) is 54.1 Å². The van der Waals surface area contributed by atoms with Gasteiger partial charge >= 0.3 is 5.97 Å². The van der Waals surface area contributed by atoms with Gasteiger partial charge in [0.1, 0.15) is 0 Å². The SMILES string of the molecule is COc1ccc(C(=O)NCC(=O)N/N=C/c2ccc(OC(=O)c3ccccc3)c(OC)c2)cc1OC. The van der Waals surface area contributed by atoms with Gasteiger partial charge in [0.05, 0.1) is 39.7 Å². The maximum Gasteiger partial charge on any atom is 0.343 e. The molecule has 0 heterocycles. The number of carbonyl (C=O) groups is 3. The minimum Gasteiger partial charge on any atom is -0.493 e. The largest absolute Gasteiger partial charge is 0.493 e. The number of benzene rings is 3. The van der Waals surface area contributed by atoms with Gasteiger partial charge in [-0.1, -0.05) is 18.2 Å². The lowest BCUT2D eigenvalue weighted by molar-refractivity contribution is -0.120. The van der Waals surface area contributed by atoms with E-state index in [1.165, 1.54) is 33.6 Å². The van der Waals surface area contributed by atoms with Crippen molar-refractivity contribution in [1.29, 1.82) is 0 Å². The van der Waals surface area contributed by atoms with Gasteiger partial charge in [0.2, 0.25) is 0 Å². The fourth-order valence-electron chi connectivity index (χ4n) is 3.04. The van der Waals surface area contributed by atoms with E-state index in [2.05, 4.69) is 15.8 Å². The molecule has 0 radical (unpaired) electrons. The summed E-state index contributed by atoms with van der Waals surface area (Å²) in [6.07, 6.45) is 1.39. The van der Waals surface area contributed by atoms with Crippen molar-refractivity contribution in [2.24, 2.45) is 5.10 Å². The van der Waals surface area contributed by atoms with E-state index in [1.54, 1.807) is 60.7 Å². The van der Waals surface area contributed by atoms with E-state index in [1.807, 2.05) is 0 Å². The first kappa shape index (κ1) is 25.8. The molecule has 3 aromatic carbocycles. The Morgan fingerprint density at radius 2 is 1.44 bits per heavy atom. The number of nitrogens with one attached hydrogen (secondary N) is 2. The summed E-state index contributed by atoms with van der Waals surface area (Å²) in [5.41, 5.74) is 3.63. The Labute approximate surface area is 207 Å². The molecule has 10 nitrogen and oxygen atoms in total. The van der Waals surface area contributed by atoms with Crippen LogP contribution in [0.4, 0.5) is 0 Å². The van der Waals surface area contributed by atoms with Crippen molar-refractivity contribution < 1.29 is 33.3 Å². The van der Waals surface area contributed by atoms with Gasteiger partial charge in [0.15, 0.2) is 23.0 Å². The third-order valence-corrected chi connectivity index (χ3v) is 4.86. The molecule has 36 heavy (non-hydrogen) atoms. The van der Waals surface area contributed by atoms with E-state index in [-0.39, 0.29) is 12.3 Å². The number of nitrogens with zero attached hydrogens (tertiary/aromatic N) is 1. The molecular weight excluding hydrogens is 466 g/mol. The molecule has 0 unspecified atom stereocenters. The van der Waals surface area contributed by atoms with Crippen LogP contribution < -0.4 is 29.7 Å². The summed E-state index contributed by atoms with van der Waals surface area (Å²) in [5.74, 6) is -0.0589. The summed E-state index contributed by atoms with van der Waals surface area (Å²) in [4.78, 5) is 36.6. The fourth-order valence-corrected chi connectivity index (χ4v) is 3.04. The molecule has 3 aromatic rings. The van der Waals surface area contributed by atoms with Gasteiger partial charge in [-0.15, -0.1) is 0 Å². The molecule has 0 bridgehead atoms. The minimum absolute atomic E-state index is 0.241. The molecule has 186 valence electrons. The van der Waals surface area contributed by atoms with Crippen molar-refractivity contribution in [2.75, 3.05) is 27.9 Å². The summed E-state index contributed by atoms with van der Waals surface area (Å²) in [5, 5.41) is 6.38. The molecule has 0 saturated heterocycles. The zero-order chi connectivity index (χ0) is 25.9. The van der Waals surface area contributed by atoms with Crippen molar-refractivity contribution in [3.8, 4) is 23.0 Å². The van der Waals surface area contributed by atoms with Crippen LogP contribution in [-0.2, 0) is 4.79 Å². The number of hydrogen-bond acceptors (Lipinski definition) is 8. The Bertz CT molecular complexity index is 1260. The predicted molar refractivity (Wildman–Crippen MR) is 132 cm³/mol. The second-order valence-electron chi connectivity index (χ2n) is 7.21. The second-order valence-corrected chi connectivity index (χ2v) is 7.21. The second kappa shape index (κ2) is 12.6. The average Bonchev–Trinajstić information content (AvgIpc) is 2.92. The Hall–Kier alpha value is -4.86. The van der Waals surface area contributed by atoms with E-state index in [0.29, 0.717) is 33.9 Å². The van der Waals surface area contributed by atoms with Crippen LogP contribution in [0, 0.1) is 0 Å². The predicted octanol–water partition coefficient (Wildman–Crippen LogP) is 2.81. The van der Waals surface area contributed by atoms with Crippen LogP contribution in [0.3, 0.4) is 0 Å². The number of hydrogen-bond donors (Lipinski definition) is 2. The van der Waals surface area contributed by atoms with Gasteiger partial charge in [0.25, 0.3) is 11.8 Å². The molecule has 0 aliphatic heterocycles. The van der Waals surface area contributed by atoms with Crippen molar-refractivity contribution in [2.45, 2.75) is 0 Å². The van der Waals surface area contributed by atoms with Gasteiger partial charge in [-0.25, -0.2) is 10.2 Å². The maximum absolute atomic E-state index is 12.3. The highest BCUT2D eigenvalue weighted by Gasteiger charge is 2.13. The van der Waals surface area contributed by atoms with Crippen LogP contribution in [0.5, 0.6) is 23.0 Å². The first-order chi connectivity index (χ1) is 17.4. The number of esters is 1. The minimum atomic E-state index is -0.527. The van der Waals surface area contributed by atoms with E-state index in [4.69, 9.17) is 18.9 Å². The topological polar surface area (TPSA) is 125 Å². The van der Waals surface area contributed by atoms with E-state index >= 15 is 0 Å². The molecule has 2 amide bonds. The smallest absolute Gasteiger partial charge is 0.343 e. The molecule has 3 rings (SSSR count). The molecule has 0 spiro atoms. The van der Waals surface area contributed by atoms with Gasteiger partial charge in [0, 0.05) is 5.56 Å². The molecule has 0 atom stereocenters. The highest BCUT2D eigenvalue weighted by atomic mass is 16.6. The lowest BCUT2D eigenvalue weighted by Gasteiger charge is -2.10. The molecule has 10 heteroatoms. The van der Waals surface area contributed by atoms with Crippen LogP contribution in [0.2, 0.25) is 0 Å². The van der Waals surface area contributed by atoms with Crippen LogP contribution >= 0.6 is 0 Å². The number of ether oxygens (including phenoxy) is 4. The van der Waals surface area contributed by atoms with Gasteiger partial charge in [-0.2, -0.15) is 5.10 Å². The van der Waals surface area contributed by atoms with E-state index in [0.717, 1.165) is 0 Å². The van der Waals surface area contributed by atoms with Crippen LogP contribution in [-0.4, -0.2) is 51.9 Å². The Kier molecular flexibility index (Phi) is 8.99. The quantitative estimate of drug-likeness (QED) is 0.193. The highest BCUT2D eigenvalue weighted by Crippen LogP contribution is 2.29. The molecule has 0 aliphatic rings. The van der Waals surface area contributed by atoms with Crippen molar-refractivity contribution in [3.63, 3.8) is 0 Å². The molecule has 0 fully saturated rings. The van der Waals surface area contributed by atoms with E-state index in [9.17, 15) is 14.4 Å². The lowest BCUT2D eigenvalue weighted by atomic mass is 10.2. The number of hydrazone groups is 1. The summed E-state index contributed by atoms with van der Waals surface area (Å²) in [6, 6.07) is 18.0. The Morgan fingerprint density at radius 3 is 2.14 bits per heavy atom. The summed E-state index contributed by atoms with van der Waals surface area (Å²) >= 11 is 0. The standard InChI is InChI=1S/C26H25N3O7/c1-33-20-12-10-19(14-23(20)35-3)25(31)27-16-24(30)29-28-15-17-9-11-21(22(13-17)34-2)36-26(32)18-7-5-4-6-8-18/h4-15H,16H2,1-3H3,(H,27,31)(H,29,30)/b28-15+. The first-order valence-electron chi connectivity index (χ1n) is 10.7. The zero-order valence-electron chi connectivity index (χ0n) is 19.9. The van der Waals surface area contributed by atoms with Crippen molar-refractivity contribution >= 4 is 24.0 Å². The number of carbonyl (C=O) groups excluding carboxylic acids is 3. The number of amides is 2. The van der Waals surface area contributed by atoms with Crippen molar-refractivity contribution in [3.05, 3.63) is 83.4 Å². The molecule has 0 aromatic heterocycles. The zero-order valence-corrected chi connectivity index (χ0v) is 19.9. The Morgan fingerprint density at radius 1 is 0.778 bits per heavy atom. The van der Waals surface area contributed by atoms with Gasteiger partial charge in [-0.3, -0.25) is 9.59 Å². The lowest BCUT2D eigenvalue weighted by Crippen LogP contribution is -2.34. The van der Waals surface area contributed by atoms with E-state index < -0.39 is 17.8 Å². The van der Waals surface area contributed by atoms with Gasteiger partial charge < -0.3 is 24.3 Å². The van der Waals surface area contributed by atoms with Crippen LogP contribution in [0.15, 0.2) is 71.8 Å². The maximum atomic E-state index is 12.3. The molecular formula is C26H25N3O7. The summed E-state index contributed by atoms with van der Waals surface area (Å²) in [7, 11) is 4.40. The third-order valence-electron chi connectivity index (χ3n) is 4.86. The molecule has 0 saturated carbocycles. The monoisotopic (exact) mass is 491 g/mol. The van der Waals surface area contributed by atoms with Crippen molar-refractivity contribution in [1.82, 2.24) is 10.7 Å². The Balaban J connectivity index is 1.53. The number of methoxy groups -OCH3 is 3. The normalized spacial score (nSPS) is 10.4. The average molecular weight is 492 g/mol. The number of rotatable bonds is 10. The molecule has 2 N–H and O–H groups in total. The highest BCUT2D eigenvalue weighted by molar-refractivity contribution is 5.97. The third kappa shape index (κ3) is 6.83. The van der Waals surface area contributed by atoms with Crippen LogP contribution in [0.1, 0.15) is 26.3 Å². The summed E-state index contributed by atoms with van der Waals surface area (Å²) in [6.45, 7) is -0.289. The first-order valence-corrected chi connectivity index (χ1v) is 10.7. The molecule has 0 aliphatic carbocycles. The fraction of sp³-hybridized carbons (Fsp3) is 0.154. The summed E-state index contributed by atoms with van der Waals surface area (Å²) < 4.78 is 21.0.